The highest BCUT2D eigenvalue weighted by Gasteiger charge is 2.37. The van der Waals surface area contributed by atoms with Crippen LogP contribution >= 0.6 is 11.6 Å². The molecule has 2 aromatic heterocycles. The van der Waals surface area contributed by atoms with Gasteiger partial charge < -0.3 is 9.47 Å². The van der Waals surface area contributed by atoms with Gasteiger partial charge in [-0.05, 0) is 31.2 Å². The normalized spacial score (nSPS) is 16.6. The van der Waals surface area contributed by atoms with Crippen molar-refractivity contribution in [1.82, 2.24) is 24.6 Å². The highest BCUT2D eigenvalue weighted by Crippen LogP contribution is 2.37. The smallest absolute Gasteiger partial charge is 0.327 e. The third kappa shape index (κ3) is 3.35. The van der Waals surface area contributed by atoms with E-state index in [0.717, 1.165) is 6.07 Å². The number of nitrogens with zero attached hydrogens (tertiary/aromatic N) is 5. The zero-order chi connectivity index (χ0) is 20.8. The molecule has 1 unspecified atom stereocenters. The number of hydrogen-bond acceptors (Lipinski definition) is 4. The molecule has 0 aliphatic carbocycles. The zero-order valence-corrected chi connectivity index (χ0v) is 15.9. The van der Waals surface area contributed by atoms with Crippen molar-refractivity contribution in [2.75, 3.05) is 6.54 Å². The standard InChI is InChI=1S/C19H15ClF3N5O/c1-11-16-25-26-17(14-7-2-3-8-24-14)28(16)10-9-27(11)18(29)12-5-4-6-13(15(12)20)19(21,22)23/h2-8,11H,9-10H2,1H3. The molecule has 1 aromatic carbocycles. The van der Waals surface area contributed by atoms with Crippen molar-refractivity contribution in [3.63, 3.8) is 0 Å². The van der Waals surface area contributed by atoms with Crippen molar-refractivity contribution >= 4 is 17.5 Å². The molecule has 0 saturated carbocycles. The summed E-state index contributed by atoms with van der Waals surface area (Å²) in [6, 6.07) is 8.27. The molecule has 4 rings (SSSR count). The fourth-order valence-corrected chi connectivity index (χ4v) is 3.73. The third-order valence-electron chi connectivity index (χ3n) is 4.87. The molecule has 0 saturated heterocycles. The van der Waals surface area contributed by atoms with Crippen molar-refractivity contribution in [3.05, 3.63) is 64.6 Å². The van der Waals surface area contributed by atoms with E-state index in [1.54, 1.807) is 19.2 Å². The molecule has 3 heterocycles. The van der Waals surface area contributed by atoms with Crippen LogP contribution in [0.15, 0.2) is 42.6 Å². The molecule has 0 spiro atoms. The van der Waals surface area contributed by atoms with Gasteiger partial charge in [-0.25, -0.2) is 0 Å². The molecule has 150 valence electrons. The van der Waals surface area contributed by atoms with Gasteiger partial charge in [-0.3, -0.25) is 9.78 Å². The molecule has 0 radical (unpaired) electrons. The Bertz CT molecular complexity index is 1070. The van der Waals surface area contributed by atoms with E-state index in [4.69, 9.17) is 11.6 Å². The quantitative estimate of drug-likeness (QED) is 0.621. The molecular formula is C19H15ClF3N5O. The largest absolute Gasteiger partial charge is 0.417 e. The van der Waals surface area contributed by atoms with Gasteiger partial charge in [0.05, 0.1) is 22.2 Å². The molecule has 1 aliphatic heterocycles. The lowest BCUT2D eigenvalue weighted by atomic mass is 10.1. The first kappa shape index (κ1) is 19.4. The first-order valence-electron chi connectivity index (χ1n) is 8.80. The Balaban J connectivity index is 1.66. The SMILES string of the molecule is CC1c2nnc(-c3ccccn3)n2CCN1C(=O)c1cccc(C(F)(F)F)c1Cl. The maximum absolute atomic E-state index is 13.1. The lowest BCUT2D eigenvalue weighted by Crippen LogP contribution is -2.41. The second kappa shape index (κ2) is 7.14. The summed E-state index contributed by atoms with van der Waals surface area (Å²) in [6.45, 7) is 2.42. The molecule has 0 fully saturated rings. The molecule has 6 nitrogen and oxygen atoms in total. The number of benzene rings is 1. The third-order valence-corrected chi connectivity index (χ3v) is 5.28. The van der Waals surface area contributed by atoms with Crippen LogP contribution in [0.2, 0.25) is 5.02 Å². The minimum atomic E-state index is -4.64. The maximum atomic E-state index is 13.1. The minimum Gasteiger partial charge on any atom is -0.327 e. The predicted molar refractivity (Wildman–Crippen MR) is 99.2 cm³/mol. The Hall–Kier alpha value is -2.94. The predicted octanol–water partition coefficient (Wildman–Crippen LogP) is 4.23. The van der Waals surface area contributed by atoms with E-state index in [1.165, 1.54) is 17.0 Å². The molecular weight excluding hydrogens is 407 g/mol. The summed E-state index contributed by atoms with van der Waals surface area (Å²) in [5, 5.41) is 7.77. The topological polar surface area (TPSA) is 63.9 Å². The molecule has 29 heavy (non-hydrogen) atoms. The van der Waals surface area contributed by atoms with Gasteiger partial charge in [-0.2, -0.15) is 13.2 Å². The molecule has 0 N–H and O–H groups in total. The van der Waals surface area contributed by atoms with E-state index in [1.807, 2.05) is 16.7 Å². The number of hydrogen-bond donors (Lipinski definition) is 0. The Morgan fingerprint density at radius 3 is 2.62 bits per heavy atom. The maximum Gasteiger partial charge on any atom is 0.417 e. The van der Waals surface area contributed by atoms with E-state index >= 15 is 0 Å². The first-order chi connectivity index (χ1) is 13.8. The molecule has 1 amide bonds. The second-order valence-corrected chi connectivity index (χ2v) is 6.97. The van der Waals surface area contributed by atoms with Crippen molar-refractivity contribution in [3.8, 4) is 11.5 Å². The fraction of sp³-hybridized carbons (Fsp3) is 0.263. The number of carbonyl (C=O) groups is 1. The van der Waals surface area contributed by atoms with Gasteiger partial charge in [0.2, 0.25) is 0 Å². The first-order valence-corrected chi connectivity index (χ1v) is 9.18. The highest BCUT2D eigenvalue weighted by molar-refractivity contribution is 6.34. The fourth-order valence-electron chi connectivity index (χ4n) is 3.42. The van der Waals surface area contributed by atoms with Crippen LogP contribution < -0.4 is 0 Å². The van der Waals surface area contributed by atoms with E-state index < -0.39 is 28.7 Å². The number of halogens is 4. The van der Waals surface area contributed by atoms with Gasteiger partial charge in [-0.1, -0.05) is 23.7 Å². The number of aromatic nitrogens is 4. The molecule has 10 heteroatoms. The monoisotopic (exact) mass is 421 g/mol. The zero-order valence-electron chi connectivity index (χ0n) is 15.2. The summed E-state index contributed by atoms with van der Waals surface area (Å²) in [6.07, 6.45) is -2.99. The number of pyridine rings is 1. The average Bonchev–Trinajstić information content (AvgIpc) is 3.13. The van der Waals surface area contributed by atoms with Gasteiger partial charge >= 0.3 is 6.18 Å². The van der Waals surface area contributed by atoms with Gasteiger partial charge in [0, 0.05) is 19.3 Å². The van der Waals surface area contributed by atoms with Gasteiger partial charge in [0.1, 0.15) is 5.69 Å². The molecule has 0 bridgehead atoms. The Morgan fingerprint density at radius 1 is 1.14 bits per heavy atom. The Kier molecular flexibility index (Phi) is 4.77. The van der Waals surface area contributed by atoms with Crippen LogP contribution in [-0.4, -0.2) is 37.1 Å². The lowest BCUT2D eigenvalue weighted by Gasteiger charge is -2.34. The van der Waals surface area contributed by atoms with Crippen LogP contribution in [-0.2, 0) is 12.7 Å². The van der Waals surface area contributed by atoms with Crippen molar-refractivity contribution in [2.45, 2.75) is 25.7 Å². The number of carbonyl (C=O) groups excluding carboxylic acids is 1. The Labute approximate surface area is 168 Å². The summed E-state index contributed by atoms with van der Waals surface area (Å²) in [4.78, 5) is 18.7. The number of alkyl halides is 3. The summed E-state index contributed by atoms with van der Waals surface area (Å²) in [7, 11) is 0. The van der Waals surface area contributed by atoms with Crippen LogP contribution in [0, 0.1) is 0 Å². The highest BCUT2D eigenvalue weighted by atomic mass is 35.5. The average molecular weight is 422 g/mol. The van der Waals surface area contributed by atoms with Crippen LogP contribution in [0.1, 0.15) is 34.7 Å². The van der Waals surface area contributed by atoms with Gasteiger partial charge in [-0.15, -0.1) is 10.2 Å². The summed E-state index contributed by atoms with van der Waals surface area (Å²) in [5.74, 6) is 0.534. The van der Waals surface area contributed by atoms with E-state index in [0.29, 0.717) is 23.9 Å². The van der Waals surface area contributed by atoms with E-state index in [-0.39, 0.29) is 12.1 Å². The van der Waals surface area contributed by atoms with Gasteiger partial charge in [0.15, 0.2) is 11.6 Å². The van der Waals surface area contributed by atoms with Crippen molar-refractivity contribution < 1.29 is 18.0 Å². The van der Waals surface area contributed by atoms with Crippen LogP contribution in [0.4, 0.5) is 13.2 Å². The number of amides is 1. The molecule has 3 aromatic rings. The molecule has 1 atom stereocenters. The van der Waals surface area contributed by atoms with Crippen LogP contribution in [0.5, 0.6) is 0 Å². The summed E-state index contributed by atoms with van der Waals surface area (Å²) < 4.78 is 41.3. The summed E-state index contributed by atoms with van der Waals surface area (Å²) >= 11 is 5.93. The van der Waals surface area contributed by atoms with Gasteiger partial charge in [0.25, 0.3) is 5.91 Å². The Morgan fingerprint density at radius 2 is 1.93 bits per heavy atom. The van der Waals surface area contributed by atoms with E-state index in [9.17, 15) is 18.0 Å². The van der Waals surface area contributed by atoms with Crippen molar-refractivity contribution in [1.29, 1.82) is 0 Å². The summed E-state index contributed by atoms with van der Waals surface area (Å²) in [5.41, 5.74) is -0.569. The number of rotatable bonds is 2. The van der Waals surface area contributed by atoms with Crippen LogP contribution in [0.3, 0.4) is 0 Å². The number of fused-ring (bicyclic) bond motifs is 1. The molecule has 1 aliphatic rings. The van der Waals surface area contributed by atoms with Crippen LogP contribution in [0.25, 0.3) is 11.5 Å². The minimum absolute atomic E-state index is 0.189. The van der Waals surface area contributed by atoms with Crippen molar-refractivity contribution in [2.24, 2.45) is 0 Å². The lowest BCUT2D eigenvalue weighted by molar-refractivity contribution is -0.137. The second-order valence-electron chi connectivity index (χ2n) is 6.59. The van der Waals surface area contributed by atoms with E-state index in [2.05, 4.69) is 15.2 Å².